The van der Waals surface area contributed by atoms with Crippen LogP contribution >= 0.6 is 15.9 Å². The first-order chi connectivity index (χ1) is 12.6. The maximum Gasteiger partial charge on any atom is 0.254 e. The summed E-state index contributed by atoms with van der Waals surface area (Å²) < 4.78 is 17.2. The third-order valence-electron chi connectivity index (χ3n) is 4.28. The van der Waals surface area contributed by atoms with Crippen LogP contribution in [0.25, 0.3) is 0 Å². The normalized spacial score (nSPS) is 14.5. The molecule has 0 aromatic heterocycles. The van der Waals surface area contributed by atoms with E-state index in [2.05, 4.69) is 22.0 Å². The SMILES string of the molecule is CCCOc1c(Br)cc(C(=O)N(CCC#N)C2CCOCC2)cc1OC. The van der Waals surface area contributed by atoms with Gasteiger partial charge in [-0.1, -0.05) is 6.92 Å². The van der Waals surface area contributed by atoms with Crippen molar-refractivity contribution in [3.8, 4) is 17.6 Å². The standard InChI is InChI=1S/C19H25BrN2O4/c1-3-9-26-18-16(20)12-14(13-17(18)24-2)19(23)22(8-4-7-21)15-5-10-25-11-6-15/h12-13,15H,3-6,8-11H2,1-2H3. The summed E-state index contributed by atoms with van der Waals surface area (Å²) in [5, 5.41) is 8.95. The van der Waals surface area contributed by atoms with Gasteiger partial charge in [-0.25, -0.2) is 0 Å². The van der Waals surface area contributed by atoms with E-state index in [4.69, 9.17) is 19.5 Å². The summed E-state index contributed by atoms with van der Waals surface area (Å²) in [5.41, 5.74) is 0.516. The van der Waals surface area contributed by atoms with Crippen LogP contribution in [0, 0.1) is 11.3 Å². The summed E-state index contributed by atoms with van der Waals surface area (Å²) >= 11 is 3.49. The van der Waals surface area contributed by atoms with E-state index in [9.17, 15) is 4.79 Å². The lowest BCUT2D eigenvalue weighted by molar-refractivity contribution is 0.0296. The molecule has 0 aliphatic carbocycles. The monoisotopic (exact) mass is 424 g/mol. The average Bonchev–Trinajstić information content (AvgIpc) is 2.67. The van der Waals surface area contributed by atoms with Gasteiger partial charge in [0.2, 0.25) is 0 Å². The Labute approximate surface area is 163 Å². The average molecular weight is 425 g/mol. The topological polar surface area (TPSA) is 71.8 Å². The number of carbonyl (C=O) groups excluding carboxylic acids is 1. The highest BCUT2D eigenvalue weighted by Crippen LogP contribution is 2.37. The molecule has 1 aliphatic heterocycles. The van der Waals surface area contributed by atoms with Gasteiger partial charge in [0.25, 0.3) is 5.91 Å². The van der Waals surface area contributed by atoms with Gasteiger partial charge in [0.05, 0.1) is 30.7 Å². The van der Waals surface area contributed by atoms with Crippen molar-refractivity contribution in [3.63, 3.8) is 0 Å². The van der Waals surface area contributed by atoms with Crippen LogP contribution in [-0.4, -0.2) is 50.3 Å². The Morgan fingerprint density at radius 1 is 1.42 bits per heavy atom. The Balaban J connectivity index is 2.29. The van der Waals surface area contributed by atoms with E-state index in [0.717, 1.165) is 19.3 Å². The predicted octanol–water partition coefficient (Wildman–Crippen LogP) is 3.78. The molecule has 6 nitrogen and oxygen atoms in total. The number of nitriles is 1. The molecule has 1 aromatic rings. The van der Waals surface area contributed by atoms with E-state index >= 15 is 0 Å². The van der Waals surface area contributed by atoms with Crippen molar-refractivity contribution in [1.29, 1.82) is 5.26 Å². The van der Waals surface area contributed by atoms with E-state index in [1.165, 1.54) is 0 Å². The van der Waals surface area contributed by atoms with Gasteiger partial charge in [0.1, 0.15) is 0 Å². The zero-order valence-corrected chi connectivity index (χ0v) is 16.9. The fourth-order valence-corrected chi connectivity index (χ4v) is 3.53. The van der Waals surface area contributed by atoms with Crippen LogP contribution in [0.15, 0.2) is 16.6 Å². The molecule has 1 heterocycles. The first kappa shape index (κ1) is 20.5. The van der Waals surface area contributed by atoms with Gasteiger partial charge in [0.15, 0.2) is 11.5 Å². The molecule has 0 N–H and O–H groups in total. The number of ether oxygens (including phenoxy) is 3. The molecule has 1 fully saturated rings. The van der Waals surface area contributed by atoms with Gasteiger partial charge in [-0.05, 0) is 47.3 Å². The second-order valence-corrected chi connectivity index (χ2v) is 6.94. The number of hydrogen-bond acceptors (Lipinski definition) is 5. The molecule has 0 bridgehead atoms. The van der Waals surface area contributed by atoms with Gasteiger partial charge in [-0.2, -0.15) is 5.26 Å². The van der Waals surface area contributed by atoms with E-state index in [1.807, 2.05) is 6.92 Å². The summed E-state index contributed by atoms with van der Waals surface area (Å²) in [7, 11) is 1.56. The number of methoxy groups -OCH3 is 1. The minimum absolute atomic E-state index is 0.0883. The lowest BCUT2D eigenvalue weighted by Gasteiger charge is -2.34. The van der Waals surface area contributed by atoms with Gasteiger partial charge in [-0.15, -0.1) is 0 Å². The largest absolute Gasteiger partial charge is 0.493 e. The van der Waals surface area contributed by atoms with Crippen molar-refractivity contribution in [2.45, 2.75) is 38.6 Å². The summed E-state index contributed by atoms with van der Waals surface area (Å²) in [5.74, 6) is 1.01. The van der Waals surface area contributed by atoms with E-state index in [1.54, 1.807) is 24.1 Å². The zero-order valence-electron chi connectivity index (χ0n) is 15.3. The van der Waals surface area contributed by atoms with Crippen molar-refractivity contribution in [2.75, 3.05) is 33.5 Å². The molecule has 0 radical (unpaired) electrons. The number of amides is 1. The molecule has 142 valence electrons. The van der Waals surface area contributed by atoms with Crippen LogP contribution in [0.5, 0.6) is 11.5 Å². The van der Waals surface area contributed by atoms with Crippen molar-refractivity contribution >= 4 is 21.8 Å². The molecule has 0 atom stereocenters. The molecular weight excluding hydrogens is 400 g/mol. The Morgan fingerprint density at radius 3 is 2.77 bits per heavy atom. The molecule has 7 heteroatoms. The summed E-state index contributed by atoms with van der Waals surface area (Å²) in [6.07, 6.45) is 2.75. The molecule has 2 rings (SSSR count). The number of carbonyl (C=O) groups is 1. The fourth-order valence-electron chi connectivity index (χ4n) is 2.97. The number of hydrogen-bond donors (Lipinski definition) is 0. The smallest absolute Gasteiger partial charge is 0.254 e. The molecule has 1 aromatic carbocycles. The van der Waals surface area contributed by atoms with E-state index < -0.39 is 0 Å². The van der Waals surface area contributed by atoms with E-state index in [-0.39, 0.29) is 11.9 Å². The number of nitrogens with zero attached hydrogens (tertiary/aromatic N) is 2. The van der Waals surface area contributed by atoms with Crippen LogP contribution < -0.4 is 9.47 Å². The van der Waals surface area contributed by atoms with Crippen molar-refractivity contribution < 1.29 is 19.0 Å². The maximum absolute atomic E-state index is 13.2. The molecule has 1 aliphatic rings. The zero-order chi connectivity index (χ0) is 18.9. The number of rotatable bonds is 8. The molecular formula is C19H25BrN2O4. The van der Waals surface area contributed by atoms with Gasteiger partial charge in [0, 0.05) is 31.4 Å². The number of benzene rings is 1. The van der Waals surface area contributed by atoms with Gasteiger partial charge >= 0.3 is 0 Å². The van der Waals surface area contributed by atoms with Crippen molar-refractivity contribution in [3.05, 3.63) is 22.2 Å². The summed E-state index contributed by atoms with van der Waals surface area (Å²) in [6.45, 7) is 4.28. The summed E-state index contributed by atoms with van der Waals surface area (Å²) in [6, 6.07) is 5.68. The van der Waals surface area contributed by atoms with Crippen molar-refractivity contribution in [2.24, 2.45) is 0 Å². The lowest BCUT2D eigenvalue weighted by atomic mass is 10.0. The Bertz CT molecular complexity index is 654. The molecule has 0 unspecified atom stereocenters. The second kappa shape index (κ2) is 10.4. The molecule has 0 saturated carbocycles. The maximum atomic E-state index is 13.2. The minimum atomic E-state index is -0.104. The van der Waals surface area contributed by atoms with Gasteiger partial charge in [-0.3, -0.25) is 4.79 Å². The van der Waals surface area contributed by atoms with Crippen LogP contribution in [0.1, 0.15) is 43.0 Å². The first-order valence-electron chi connectivity index (χ1n) is 8.88. The van der Waals surface area contributed by atoms with Crippen LogP contribution in [0.4, 0.5) is 0 Å². The molecule has 26 heavy (non-hydrogen) atoms. The highest BCUT2D eigenvalue weighted by molar-refractivity contribution is 9.10. The van der Waals surface area contributed by atoms with Crippen molar-refractivity contribution in [1.82, 2.24) is 4.90 Å². The minimum Gasteiger partial charge on any atom is -0.493 e. The lowest BCUT2D eigenvalue weighted by Crippen LogP contribution is -2.44. The third-order valence-corrected chi connectivity index (χ3v) is 4.87. The second-order valence-electron chi connectivity index (χ2n) is 6.09. The third kappa shape index (κ3) is 5.12. The van der Waals surface area contributed by atoms with Gasteiger partial charge < -0.3 is 19.1 Å². The predicted molar refractivity (Wildman–Crippen MR) is 102 cm³/mol. The Hall–Kier alpha value is -1.78. The fraction of sp³-hybridized carbons (Fsp3) is 0.579. The molecule has 0 spiro atoms. The van der Waals surface area contributed by atoms with Crippen LogP contribution in [0.2, 0.25) is 0 Å². The first-order valence-corrected chi connectivity index (χ1v) is 9.67. The number of halogens is 1. The molecule has 1 saturated heterocycles. The van der Waals surface area contributed by atoms with E-state index in [0.29, 0.717) is 54.3 Å². The summed E-state index contributed by atoms with van der Waals surface area (Å²) in [4.78, 5) is 14.9. The Morgan fingerprint density at radius 2 is 2.15 bits per heavy atom. The highest BCUT2D eigenvalue weighted by atomic mass is 79.9. The highest BCUT2D eigenvalue weighted by Gasteiger charge is 2.27. The van der Waals surface area contributed by atoms with Crippen LogP contribution in [-0.2, 0) is 4.74 Å². The van der Waals surface area contributed by atoms with Crippen LogP contribution in [0.3, 0.4) is 0 Å². The molecule has 1 amide bonds. The quantitative estimate of drug-likeness (QED) is 0.634. The Kier molecular flexibility index (Phi) is 8.20.